The topological polar surface area (TPSA) is 73.6 Å². The van der Waals surface area contributed by atoms with Crippen LogP contribution in [0.4, 0.5) is 0 Å². The van der Waals surface area contributed by atoms with E-state index in [-0.39, 0.29) is 19.2 Å². The molecule has 0 amide bonds. The number of carbonyl (C=O) groups excluding carboxylic acids is 1. The van der Waals surface area contributed by atoms with Crippen molar-refractivity contribution in [3.05, 3.63) is 101 Å². The molecule has 0 bridgehead atoms. The molecule has 0 saturated carbocycles. The van der Waals surface area contributed by atoms with E-state index in [0.29, 0.717) is 13.0 Å². The molecule has 0 aliphatic rings. The lowest BCUT2D eigenvalue weighted by Crippen LogP contribution is -2.01. The lowest BCUT2D eigenvalue weighted by molar-refractivity contribution is -0.137. The van der Waals surface area contributed by atoms with Crippen LogP contribution in [0, 0.1) is 0 Å². The Morgan fingerprint density at radius 3 is 2.39 bits per heavy atom. The van der Waals surface area contributed by atoms with E-state index in [4.69, 9.17) is 14.6 Å². The van der Waals surface area contributed by atoms with Crippen molar-refractivity contribution >= 4 is 62.5 Å². The van der Waals surface area contributed by atoms with Gasteiger partial charge in [-0.2, -0.15) is 5.10 Å². The number of aliphatic hydroxyl groups is 1. The van der Waals surface area contributed by atoms with Gasteiger partial charge in [0.25, 0.3) is 0 Å². The van der Waals surface area contributed by atoms with Crippen molar-refractivity contribution in [2.24, 2.45) is 0 Å². The van der Waals surface area contributed by atoms with Crippen LogP contribution in [-0.2, 0) is 9.53 Å². The van der Waals surface area contributed by atoms with Gasteiger partial charge in [0.05, 0.1) is 31.3 Å². The van der Waals surface area contributed by atoms with Crippen LogP contribution in [0.1, 0.15) is 42.5 Å². The molecule has 3 aromatic carbocycles. The summed E-state index contributed by atoms with van der Waals surface area (Å²) in [5.74, 6) is 0.379. The molecule has 38 heavy (non-hydrogen) atoms. The van der Waals surface area contributed by atoms with E-state index in [1.807, 2.05) is 34.9 Å². The minimum atomic E-state index is -0.349. The molecule has 1 unspecified atom stereocenters. The van der Waals surface area contributed by atoms with Crippen molar-refractivity contribution in [3.63, 3.8) is 0 Å². The maximum atomic E-state index is 11.7. The number of fused-ring (bicyclic) bond motifs is 1. The maximum absolute atomic E-state index is 11.7. The Morgan fingerprint density at radius 2 is 1.74 bits per heavy atom. The number of aliphatic hydroxyl groups excluding tert-OH is 1. The summed E-state index contributed by atoms with van der Waals surface area (Å²) in [5.41, 5.74) is 7.68. The Bertz CT molecular complexity index is 1440. The summed E-state index contributed by atoms with van der Waals surface area (Å²) in [6.07, 6.45) is 6.50. The summed E-state index contributed by atoms with van der Waals surface area (Å²) in [5, 5.41) is 14.7. The standard InChI is InChI=1S/C30H30IN2O4P/c1-3-27(22-10-13-26(14-11-22)37-18-17-34)30(24-12-15-28-25(19-24)20-32-33(28)38-31)23-8-5-21(6-9-23)7-16-29(35)36-4-2/h5-16,19-20,34,38H,3-4,17-18H2,1-2H3/b16-7+,30-27+. The average molecular weight is 640 g/mol. The second kappa shape index (κ2) is 13.7. The molecule has 0 aliphatic heterocycles. The van der Waals surface area contributed by atoms with Crippen LogP contribution in [0.5, 0.6) is 5.75 Å². The SMILES string of the molecule is CCOC(=O)/C=C/c1ccc(/C(=C(/CC)c2ccc(OCCO)cc2)c2ccc3c(cnn3PI)c2)cc1. The molecule has 4 rings (SSSR count). The van der Waals surface area contributed by atoms with Crippen LogP contribution in [0.3, 0.4) is 0 Å². The maximum Gasteiger partial charge on any atom is 0.330 e. The molecule has 0 aliphatic carbocycles. The Morgan fingerprint density at radius 1 is 1.03 bits per heavy atom. The number of ether oxygens (including phenoxy) is 2. The molecule has 1 N–H and O–H groups in total. The van der Waals surface area contributed by atoms with Crippen LogP contribution < -0.4 is 4.74 Å². The van der Waals surface area contributed by atoms with Gasteiger partial charge in [0, 0.05) is 11.5 Å². The molecular formula is C30H30IN2O4P. The Labute approximate surface area is 237 Å². The highest BCUT2D eigenvalue weighted by molar-refractivity contribution is 14.2. The Balaban J connectivity index is 1.80. The quantitative estimate of drug-likeness (QED) is 0.0621. The monoisotopic (exact) mass is 640 g/mol. The number of halogens is 1. The van der Waals surface area contributed by atoms with Gasteiger partial charge in [0.15, 0.2) is 0 Å². The average Bonchev–Trinajstić information content (AvgIpc) is 3.37. The number of hydrogen-bond donors (Lipinski definition) is 1. The number of allylic oxidation sites excluding steroid dienone is 1. The first-order chi connectivity index (χ1) is 18.6. The second-order valence-corrected chi connectivity index (χ2v) is 10.5. The molecule has 8 heteroatoms. The summed E-state index contributed by atoms with van der Waals surface area (Å²) in [4.78, 5) is 11.7. The van der Waals surface area contributed by atoms with Gasteiger partial charge in [-0.15, -0.1) is 0 Å². The molecule has 0 radical (unpaired) electrons. The third kappa shape index (κ3) is 6.70. The fourth-order valence-electron chi connectivity index (χ4n) is 4.33. The fourth-order valence-corrected chi connectivity index (χ4v) is 5.88. The minimum Gasteiger partial charge on any atom is -0.491 e. The predicted octanol–water partition coefficient (Wildman–Crippen LogP) is 7.14. The zero-order chi connectivity index (χ0) is 26.9. The number of rotatable bonds is 11. The third-order valence-electron chi connectivity index (χ3n) is 6.05. The van der Waals surface area contributed by atoms with Crippen LogP contribution in [0.25, 0.3) is 28.1 Å². The van der Waals surface area contributed by atoms with Crippen molar-refractivity contribution in [1.29, 1.82) is 0 Å². The normalized spacial score (nSPS) is 12.4. The molecule has 0 fully saturated rings. The lowest BCUT2D eigenvalue weighted by atomic mass is 9.87. The van der Waals surface area contributed by atoms with E-state index in [2.05, 4.69) is 76.5 Å². The first-order valence-corrected chi connectivity index (χ1v) is 16.5. The number of esters is 1. The molecule has 1 atom stereocenters. The molecule has 0 saturated heterocycles. The van der Waals surface area contributed by atoms with Crippen LogP contribution >= 0.6 is 28.4 Å². The second-order valence-electron chi connectivity index (χ2n) is 8.43. The summed E-state index contributed by atoms with van der Waals surface area (Å²) < 4.78 is 12.6. The van der Waals surface area contributed by atoms with E-state index in [9.17, 15) is 4.79 Å². The number of benzene rings is 3. The number of aromatic nitrogens is 2. The van der Waals surface area contributed by atoms with Gasteiger partial charge in [0.2, 0.25) is 0 Å². The van der Waals surface area contributed by atoms with Crippen LogP contribution in [-0.4, -0.2) is 40.4 Å². The van der Waals surface area contributed by atoms with Gasteiger partial charge < -0.3 is 14.6 Å². The van der Waals surface area contributed by atoms with Gasteiger partial charge >= 0.3 is 5.97 Å². The van der Waals surface area contributed by atoms with Gasteiger partial charge in [-0.1, -0.05) is 49.4 Å². The highest BCUT2D eigenvalue weighted by Gasteiger charge is 2.15. The van der Waals surface area contributed by atoms with Crippen molar-refractivity contribution in [2.75, 3.05) is 19.8 Å². The lowest BCUT2D eigenvalue weighted by Gasteiger charge is -2.17. The number of hydrogen-bond acceptors (Lipinski definition) is 5. The highest BCUT2D eigenvalue weighted by atomic mass is 127. The summed E-state index contributed by atoms with van der Waals surface area (Å²) in [7, 11) is 0. The van der Waals surface area contributed by atoms with Gasteiger partial charge in [-0.05, 0) is 99.1 Å². The van der Waals surface area contributed by atoms with E-state index < -0.39 is 0 Å². The van der Waals surface area contributed by atoms with Crippen LogP contribution in [0.15, 0.2) is 79.0 Å². The summed E-state index contributed by atoms with van der Waals surface area (Å²) in [6, 6.07) is 22.7. The van der Waals surface area contributed by atoms with E-state index in [1.54, 1.807) is 13.0 Å². The van der Waals surface area contributed by atoms with Crippen molar-refractivity contribution in [3.8, 4) is 5.75 Å². The largest absolute Gasteiger partial charge is 0.491 e. The van der Waals surface area contributed by atoms with E-state index in [0.717, 1.165) is 50.9 Å². The van der Waals surface area contributed by atoms with Crippen molar-refractivity contribution in [1.82, 2.24) is 9.55 Å². The van der Waals surface area contributed by atoms with Crippen molar-refractivity contribution < 1.29 is 19.4 Å². The molecule has 1 heterocycles. The summed E-state index contributed by atoms with van der Waals surface area (Å²) >= 11 is 2.34. The molecule has 6 nitrogen and oxygen atoms in total. The van der Waals surface area contributed by atoms with E-state index in [1.165, 1.54) is 11.6 Å². The number of carbonyl (C=O) groups is 1. The first-order valence-electron chi connectivity index (χ1n) is 12.4. The molecule has 196 valence electrons. The zero-order valence-electron chi connectivity index (χ0n) is 21.4. The number of nitrogens with zero attached hydrogens (tertiary/aromatic N) is 2. The van der Waals surface area contributed by atoms with Gasteiger partial charge in [-0.3, -0.25) is 0 Å². The Hall–Kier alpha value is -3.00. The predicted molar refractivity (Wildman–Crippen MR) is 165 cm³/mol. The van der Waals surface area contributed by atoms with E-state index >= 15 is 0 Å². The highest BCUT2D eigenvalue weighted by Crippen LogP contribution is 2.37. The van der Waals surface area contributed by atoms with Gasteiger partial charge in [-0.25, -0.2) is 9.25 Å². The van der Waals surface area contributed by atoms with Gasteiger partial charge in [0.1, 0.15) is 12.4 Å². The zero-order valence-corrected chi connectivity index (χ0v) is 24.5. The molecule has 1 aromatic heterocycles. The third-order valence-corrected chi connectivity index (χ3v) is 7.94. The van der Waals surface area contributed by atoms with Crippen molar-refractivity contribution in [2.45, 2.75) is 20.3 Å². The Kier molecular flexibility index (Phi) is 10.1. The fraction of sp³-hybridized carbons (Fsp3) is 0.200. The molecule has 4 aromatic rings. The molecular weight excluding hydrogens is 610 g/mol. The smallest absolute Gasteiger partial charge is 0.330 e. The minimum absolute atomic E-state index is 0.0197. The van der Waals surface area contributed by atoms with Crippen LogP contribution in [0.2, 0.25) is 0 Å². The summed E-state index contributed by atoms with van der Waals surface area (Å²) in [6.45, 7) is 4.56. The first kappa shape index (κ1) is 28.0. The molecule has 0 spiro atoms.